The summed E-state index contributed by atoms with van der Waals surface area (Å²) in [6, 6.07) is 6.36. The first-order chi connectivity index (χ1) is 9.65. The summed E-state index contributed by atoms with van der Waals surface area (Å²) in [5.41, 5.74) is 0.151. The Labute approximate surface area is 119 Å². The van der Waals surface area contributed by atoms with Crippen LogP contribution in [0.1, 0.15) is 16.1 Å². The molecule has 0 aliphatic carbocycles. The molecule has 0 saturated carbocycles. The molecule has 0 aliphatic rings. The van der Waals surface area contributed by atoms with E-state index in [1.165, 1.54) is 36.4 Å². The number of thioether (sulfide) groups is 1. The van der Waals surface area contributed by atoms with Crippen molar-refractivity contribution in [3.63, 3.8) is 0 Å². The van der Waals surface area contributed by atoms with Gasteiger partial charge in [0.15, 0.2) is 0 Å². The minimum Gasteiger partial charge on any atom is -0.478 e. The van der Waals surface area contributed by atoms with Crippen LogP contribution in [0.25, 0.3) is 0 Å². The summed E-state index contributed by atoms with van der Waals surface area (Å²) < 4.78 is 5.09. The minimum atomic E-state index is -1.02. The molecule has 0 aromatic carbocycles. The number of aromatic carboxylic acids is 1. The van der Waals surface area contributed by atoms with Gasteiger partial charge in [0.1, 0.15) is 5.76 Å². The molecule has 2 aromatic heterocycles. The molecule has 2 aromatic rings. The maximum atomic E-state index is 11.6. The van der Waals surface area contributed by atoms with Crippen LogP contribution in [0.5, 0.6) is 0 Å². The normalized spacial score (nSPS) is 10.2. The van der Waals surface area contributed by atoms with Crippen molar-refractivity contribution >= 4 is 23.6 Å². The molecule has 2 rings (SSSR count). The molecule has 0 atom stereocenters. The lowest BCUT2D eigenvalue weighted by Crippen LogP contribution is -2.24. The number of carboxylic acids is 1. The maximum absolute atomic E-state index is 11.6. The van der Waals surface area contributed by atoms with Crippen LogP contribution in [-0.4, -0.2) is 27.7 Å². The highest BCUT2D eigenvalue weighted by Crippen LogP contribution is 2.16. The SMILES string of the molecule is O=C(CSc1cc(C(=O)O)ccn1)NCc1ccco1. The van der Waals surface area contributed by atoms with Crippen LogP contribution in [-0.2, 0) is 11.3 Å². The molecule has 0 spiro atoms. The van der Waals surface area contributed by atoms with Gasteiger partial charge in [0.2, 0.25) is 5.91 Å². The van der Waals surface area contributed by atoms with Crippen molar-refractivity contribution in [1.82, 2.24) is 10.3 Å². The van der Waals surface area contributed by atoms with Gasteiger partial charge in [-0.05, 0) is 24.3 Å². The number of carboxylic acid groups (broad SMARTS) is 1. The van der Waals surface area contributed by atoms with E-state index >= 15 is 0 Å². The van der Waals surface area contributed by atoms with E-state index in [1.54, 1.807) is 12.1 Å². The van der Waals surface area contributed by atoms with E-state index < -0.39 is 5.97 Å². The number of carbonyl (C=O) groups excluding carboxylic acids is 1. The highest BCUT2D eigenvalue weighted by Gasteiger charge is 2.07. The summed E-state index contributed by atoms with van der Waals surface area (Å²) in [5, 5.41) is 12.0. The number of nitrogens with zero attached hydrogens (tertiary/aromatic N) is 1. The van der Waals surface area contributed by atoms with Gasteiger partial charge < -0.3 is 14.8 Å². The third kappa shape index (κ3) is 4.13. The van der Waals surface area contributed by atoms with Gasteiger partial charge >= 0.3 is 5.97 Å². The monoisotopic (exact) mass is 292 g/mol. The van der Waals surface area contributed by atoms with Crippen molar-refractivity contribution in [2.45, 2.75) is 11.6 Å². The molecule has 0 fully saturated rings. The number of rotatable bonds is 6. The molecule has 6 nitrogen and oxygen atoms in total. The molecule has 0 unspecified atom stereocenters. The lowest BCUT2D eigenvalue weighted by molar-refractivity contribution is -0.118. The van der Waals surface area contributed by atoms with Crippen molar-refractivity contribution < 1.29 is 19.1 Å². The van der Waals surface area contributed by atoms with Crippen LogP contribution in [0.4, 0.5) is 0 Å². The molecular formula is C13H12N2O4S. The Morgan fingerprint density at radius 3 is 2.95 bits per heavy atom. The first kappa shape index (κ1) is 14.1. The molecule has 0 saturated heterocycles. The summed E-state index contributed by atoms with van der Waals surface area (Å²) in [6.45, 7) is 0.328. The quantitative estimate of drug-likeness (QED) is 0.788. The van der Waals surface area contributed by atoms with E-state index in [-0.39, 0.29) is 17.2 Å². The summed E-state index contributed by atoms with van der Waals surface area (Å²) in [4.78, 5) is 26.4. The van der Waals surface area contributed by atoms with Gasteiger partial charge in [-0.15, -0.1) is 0 Å². The second kappa shape index (κ2) is 6.76. The van der Waals surface area contributed by atoms with Crippen LogP contribution in [0.2, 0.25) is 0 Å². The summed E-state index contributed by atoms with van der Waals surface area (Å²) in [7, 11) is 0. The molecule has 2 heterocycles. The van der Waals surface area contributed by atoms with Crippen LogP contribution < -0.4 is 5.32 Å². The van der Waals surface area contributed by atoms with Gasteiger partial charge in [-0.1, -0.05) is 11.8 Å². The Kier molecular flexibility index (Phi) is 4.78. The number of aromatic nitrogens is 1. The predicted molar refractivity (Wildman–Crippen MR) is 72.5 cm³/mol. The van der Waals surface area contributed by atoms with E-state index in [0.717, 1.165) is 0 Å². The summed E-state index contributed by atoms with van der Waals surface area (Å²) in [5.74, 6) is -0.351. The number of nitrogens with one attached hydrogen (secondary N) is 1. The lowest BCUT2D eigenvalue weighted by Gasteiger charge is -2.03. The van der Waals surface area contributed by atoms with E-state index in [9.17, 15) is 9.59 Å². The molecule has 0 aliphatic heterocycles. The Hall–Kier alpha value is -2.28. The van der Waals surface area contributed by atoms with Crippen LogP contribution in [0, 0.1) is 0 Å². The largest absolute Gasteiger partial charge is 0.478 e. The first-order valence-electron chi connectivity index (χ1n) is 5.76. The number of hydrogen-bond acceptors (Lipinski definition) is 5. The van der Waals surface area contributed by atoms with Gasteiger partial charge in [-0.25, -0.2) is 9.78 Å². The molecular weight excluding hydrogens is 280 g/mol. The molecule has 7 heteroatoms. The van der Waals surface area contributed by atoms with Gasteiger partial charge in [0, 0.05) is 6.20 Å². The number of hydrogen-bond donors (Lipinski definition) is 2. The van der Waals surface area contributed by atoms with E-state index in [2.05, 4.69) is 10.3 Å². The zero-order valence-corrected chi connectivity index (χ0v) is 11.2. The number of pyridine rings is 1. The van der Waals surface area contributed by atoms with Crippen molar-refractivity contribution in [3.05, 3.63) is 48.0 Å². The highest BCUT2D eigenvalue weighted by atomic mass is 32.2. The topological polar surface area (TPSA) is 92.4 Å². The summed E-state index contributed by atoms with van der Waals surface area (Å²) in [6.07, 6.45) is 2.95. The molecule has 0 bridgehead atoms. The van der Waals surface area contributed by atoms with Crippen LogP contribution in [0.15, 0.2) is 46.2 Å². The Morgan fingerprint density at radius 2 is 2.25 bits per heavy atom. The Morgan fingerprint density at radius 1 is 1.40 bits per heavy atom. The maximum Gasteiger partial charge on any atom is 0.335 e. The van der Waals surface area contributed by atoms with Gasteiger partial charge in [0.25, 0.3) is 0 Å². The van der Waals surface area contributed by atoms with E-state index in [4.69, 9.17) is 9.52 Å². The molecule has 20 heavy (non-hydrogen) atoms. The standard InChI is InChI=1S/C13H12N2O4S/c16-11(15-7-10-2-1-5-19-10)8-20-12-6-9(13(17)18)3-4-14-12/h1-6H,7-8H2,(H,15,16)(H,17,18). The average molecular weight is 292 g/mol. The highest BCUT2D eigenvalue weighted by molar-refractivity contribution is 7.99. The van der Waals surface area contributed by atoms with Gasteiger partial charge in [-0.3, -0.25) is 4.79 Å². The smallest absolute Gasteiger partial charge is 0.335 e. The van der Waals surface area contributed by atoms with E-state index in [1.807, 2.05) is 0 Å². The second-order valence-electron chi connectivity index (χ2n) is 3.83. The third-order valence-corrected chi connectivity index (χ3v) is 3.30. The van der Waals surface area contributed by atoms with Gasteiger partial charge in [-0.2, -0.15) is 0 Å². The number of carbonyl (C=O) groups is 2. The zero-order valence-electron chi connectivity index (χ0n) is 10.4. The zero-order chi connectivity index (χ0) is 14.4. The van der Waals surface area contributed by atoms with Crippen molar-refractivity contribution in [3.8, 4) is 0 Å². The van der Waals surface area contributed by atoms with Crippen molar-refractivity contribution in [2.24, 2.45) is 0 Å². The summed E-state index contributed by atoms with van der Waals surface area (Å²) >= 11 is 1.18. The van der Waals surface area contributed by atoms with Gasteiger partial charge in [0.05, 0.1) is 29.2 Å². The molecule has 2 N–H and O–H groups in total. The molecule has 1 amide bonds. The Balaban J connectivity index is 1.81. The number of furan rings is 1. The lowest BCUT2D eigenvalue weighted by atomic mass is 10.3. The fourth-order valence-electron chi connectivity index (χ4n) is 1.41. The van der Waals surface area contributed by atoms with Crippen LogP contribution in [0.3, 0.4) is 0 Å². The van der Waals surface area contributed by atoms with E-state index in [0.29, 0.717) is 17.3 Å². The average Bonchev–Trinajstić information content (AvgIpc) is 2.96. The fourth-order valence-corrected chi connectivity index (χ4v) is 2.14. The molecule has 104 valence electrons. The first-order valence-corrected chi connectivity index (χ1v) is 6.75. The fraction of sp³-hybridized carbons (Fsp3) is 0.154. The van der Waals surface area contributed by atoms with Crippen molar-refractivity contribution in [2.75, 3.05) is 5.75 Å². The Bertz CT molecular complexity index is 598. The second-order valence-corrected chi connectivity index (χ2v) is 4.83. The van der Waals surface area contributed by atoms with Crippen LogP contribution >= 0.6 is 11.8 Å². The molecule has 0 radical (unpaired) electrons. The minimum absolute atomic E-state index is 0.151. The van der Waals surface area contributed by atoms with Crippen molar-refractivity contribution in [1.29, 1.82) is 0 Å². The predicted octanol–water partition coefficient (Wildman–Crippen LogP) is 1.78. The number of amides is 1. The third-order valence-electron chi connectivity index (χ3n) is 2.37.